The van der Waals surface area contributed by atoms with E-state index >= 15 is 0 Å². The molecule has 1 fully saturated rings. The van der Waals surface area contributed by atoms with Gasteiger partial charge in [-0.05, 0) is 37.3 Å². The number of nitrogens with zero attached hydrogens (tertiary/aromatic N) is 1. The predicted molar refractivity (Wildman–Crippen MR) is 67.3 cm³/mol. The van der Waals surface area contributed by atoms with Crippen LogP contribution in [0.5, 0.6) is 5.75 Å². The predicted octanol–water partition coefficient (Wildman–Crippen LogP) is 2.32. The lowest BCUT2D eigenvalue weighted by molar-refractivity contribution is 0.128. The zero-order valence-corrected chi connectivity index (χ0v) is 10.1. The summed E-state index contributed by atoms with van der Waals surface area (Å²) in [6.45, 7) is 2.25. The number of rotatable bonds is 3. The van der Waals surface area contributed by atoms with Crippen LogP contribution < -0.4 is 10.5 Å². The van der Waals surface area contributed by atoms with Crippen LogP contribution >= 0.6 is 0 Å². The zero-order valence-electron chi connectivity index (χ0n) is 10.1. The van der Waals surface area contributed by atoms with E-state index in [1.807, 2.05) is 12.1 Å². The Balaban J connectivity index is 2.10. The number of amidine groups is 1. The molecule has 2 rings (SSSR count). The lowest BCUT2D eigenvalue weighted by Crippen LogP contribution is -2.25. The second kappa shape index (κ2) is 5.17. The van der Waals surface area contributed by atoms with Crippen molar-refractivity contribution in [3.63, 3.8) is 0 Å². The summed E-state index contributed by atoms with van der Waals surface area (Å²) in [7, 11) is 0. The summed E-state index contributed by atoms with van der Waals surface area (Å²) >= 11 is 0. The maximum atomic E-state index is 7.47. The molecule has 0 radical (unpaired) electrons. The fourth-order valence-electron chi connectivity index (χ4n) is 2.35. The minimum Gasteiger partial charge on any atom is -0.488 e. The van der Waals surface area contributed by atoms with Gasteiger partial charge in [-0.15, -0.1) is 0 Å². The van der Waals surface area contributed by atoms with Gasteiger partial charge in [-0.3, -0.25) is 5.41 Å². The number of aromatic nitrogens is 1. The molecule has 0 aromatic carbocycles. The third-order valence-corrected chi connectivity index (χ3v) is 3.21. The largest absolute Gasteiger partial charge is 0.488 e. The van der Waals surface area contributed by atoms with Crippen molar-refractivity contribution in [2.75, 3.05) is 0 Å². The molecule has 17 heavy (non-hydrogen) atoms. The Morgan fingerprint density at radius 1 is 1.53 bits per heavy atom. The standard InChI is InChI=1S/C13H19N3O/c1-9-4-2-5-10(8-9)17-11-6-3-7-16-12(11)13(14)15/h3,6-7,9-10H,2,4-5,8H2,1H3,(H3,14,15). The number of nitrogens with two attached hydrogens (primary N) is 1. The highest BCUT2D eigenvalue weighted by molar-refractivity contribution is 5.95. The Morgan fingerprint density at radius 3 is 3.06 bits per heavy atom. The molecular formula is C13H19N3O. The first-order valence-electron chi connectivity index (χ1n) is 6.13. The van der Waals surface area contributed by atoms with E-state index in [1.165, 1.54) is 12.8 Å². The van der Waals surface area contributed by atoms with Crippen LogP contribution in [0.1, 0.15) is 38.3 Å². The summed E-state index contributed by atoms with van der Waals surface area (Å²) in [5.41, 5.74) is 5.94. The van der Waals surface area contributed by atoms with Crippen molar-refractivity contribution in [3.8, 4) is 5.75 Å². The highest BCUT2D eigenvalue weighted by Crippen LogP contribution is 2.28. The molecule has 2 unspecified atom stereocenters. The molecule has 1 aliphatic carbocycles. The maximum Gasteiger partial charge on any atom is 0.149 e. The summed E-state index contributed by atoms with van der Waals surface area (Å²) in [4.78, 5) is 4.09. The van der Waals surface area contributed by atoms with Gasteiger partial charge in [0.25, 0.3) is 0 Å². The number of nitrogens with one attached hydrogen (secondary N) is 1. The van der Waals surface area contributed by atoms with E-state index in [1.54, 1.807) is 6.20 Å². The van der Waals surface area contributed by atoms with Gasteiger partial charge in [-0.25, -0.2) is 4.98 Å². The van der Waals surface area contributed by atoms with Crippen LogP contribution in [0.3, 0.4) is 0 Å². The minimum atomic E-state index is -0.0375. The fourth-order valence-corrected chi connectivity index (χ4v) is 2.35. The van der Waals surface area contributed by atoms with E-state index in [4.69, 9.17) is 15.9 Å². The van der Waals surface area contributed by atoms with Gasteiger partial charge in [-0.1, -0.05) is 13.3 Å². The fraction of sp³-hybridized carbons (Fsp3) is 0.538. The van der Waals surface area contributed by atoms with Crippen molar-refractivity contribution in [1.82, 2.24) is 4.98 Å². The SMILES string of the molecule is CC1CCCC(Oc2cccnc2C(=N)N)C1. The molecule has 0 aliphatic heterocycles. The summed E-state index contributed by atoms with van der Waals surface area (Å²) in [5, 5.41) is 7.47. The van der Waals surface area contributed by atoms with Crippen LogP contribution in [0.2, 0.25) is 0 Å². The zero-order chi connectivity index (χ0) is 12.3. The molecule has 0 bridgehead atoms. The Kier molecular flexibility index (Phi) is 3.61. The van der Waals surface area contributed by atoms with Crippen LogP contribution in [0.15, 0.2) is 18.3 Å². The third-order valence-electron chi connectivity index (χ3n) is 3.21. The number of hydrogen-bond donors (Lipinski definition) is 2. The Hall–Kier alpha value is -1.58. The van der Waals surface area contributed by atoms with Gasteiger partial charge < -0.3 is 10.5 Å². The van der Waals surface area contributed by atoms with E-state index in [-0.39, 0.29) is 11.9 Å². The highest BCUT2D eigenvalue weighted by atomic mass is 16.5. The second-order valence-electron chi connectivity index (χ2n) is 4.78. The minimum absolute atomic E-state index is 0.0375. The first kappa shape index (κ1) is 11.9. The van der Waals surface area contributed by atoms with Gasteiger partial charge in [0.05, 0.1) is 6.10 Å². The van der Waals surface area contributed by atoms with E-state index < -0.39 is 0 Å². The van der Waals surface area contributed by atoms with Crippen LogP contribution in [0, 0.1) is 11.3 Å². The van der Waals surface area contributed by atoms with Crippen LogP contribution in [-0.4, -0.2) is 16.9 Å². The normalized spacial score (nSPS) is 24.3. The average molecular weight is 233 g/mol. The number of nitrogen functional groups attached to an aromatic ring is 1. The third kappa shape index (κ3) is 2.96. The average Bonchev–Trinajstić information content (AvgIpc) is 2.29. The molecule has 4 heteroatoms. The molecule has 0 spiro atoms. The first-order valence-corrected chi connectivity index (χ1v) is 6.13. The molecule has 1 aliphatic rings. The van der Waals surface area contributed by atoms with Gasteiger partial charge in [0.2, 0.25) is 0 Å². The van der Waals surface area contributed by atoms with E-state index in [0.717, 1.165) is 12.8 Å². The summed E-state index contributed by atoms with van der Waals surface area (Å²) in [6.07, 6.45) is 6.52. The van der Waals surface area contributed by atoms with Crippen molar-refractivity contribution in [3.05, 3.63) is 24.0 Å². The molecule has 3 N–H and O–H groups in total. The van der Waals surface area contributed by atoms with Crippen molar-refractivity contribution in [1.29, 1.82) is 5.41 Å². The summed E-state index contributed by atoms with van der Waals surface area (Å²) in [6, 6.07) is 3.65. The summed E-state index contributed by atoms with van der Waals surface area (Å²) in [5.74, 6) is 1.31. The topological polar surface area (TPSA) is 72.0 Å². The quantitative estimate of drug-likeness (QED) is 0.621. The van der Waals surface area contributed by atoms with Gasteiger partial charge in [-0.2, -0.15) is 0 Å². The summed E-state index contributed by atoms with van der Waals surface area (Å²) < 4.78 is 5.93. The lowest BCUT2D eigenvalue weighted by Gasteiger charge is -2.27. The molecule has 2 atom stereocenters. The molecular weight excluding hydrogens is 214 g/mol. The molecule has 4 nitrogen and oxygen atoms in total. The molecule has 1 heterocycles. The van der Waals surface area contributed by atoms with Crippen LogP contribution in [0.25, 0.3) is 0 Å². The molecule has 0 saturated heterocycles. The Bertz CT molecular complexity index is 405. The maximum absolute atomic E-state index is 7.47. The van der Waals surface area contributed by atoms with E-state index in [9.17, 15) is 0 Å². The van der Waals surface area contributed by atoms with Gasteiger partial charge in [0.1, 0.15) is 17.3 Å². The van der Waals surface area contributed by atoms with Gasteiger partial charge in [0.15, 0.2) is 0 Å². The number of ether oxygens (including phenoxy) is 1. The number of hydrogen-bond acceptors (Lipinski definition) is 3. The Morgan fingerprint density at radius 2 is 2.35 bits per heavy atom. The van der Waals surface area contributed by atoms with E-state index in [2.05, 4.69) is 11.9 Å². The molecule has 1 saturated carbocycles. The van der Waals surface area contributed by atoms with Gasteiger partial charge >= 0.3 is 0 Å². The molecule has 1 aromatic heterocycles. The van der Waals surface area contributed by atoms with Crippen molar-refractivity contribution < 1.29 is 4.74 Å². The van der Waals surface area contributed by atoms with Crippen molar-refractivity contribution in [2.45, 2.75) is 38.7 Å². The van der Waals surface area contributed by atoms with Crippen LogP contribution in [-0.2, 0) is 0 Å². The first-order chi connectivity index (χ1) is 8.16. The smallest absolute Gasteiger partial charge is 0.149 e. The molecule has 0 amide bonds. The van der Waals surface area contributed by atoms with Crippen molar-refractivity contribution in [2.24, 2.45) is 11.7 Å². The monoisotopic (exact) mass is 233 g/mol. The van der Waals surface area contributed by atoms with Crippen molar-refractivity contribution >= 4 is 5.84 Å². The molecule has 92 valence electrons. The Labute approximate surface area is 102 Å². The highest BCUT2D eigenvalue weighted by Gasteiger charge is 2.21. The van der Waals surface area contributed by atoms with E-state index in [0.29, 0.717) is 17.4 Å². The number of pyridine rings is 1. The second-order valence-corrected chi connectivity index (χ2v) is 4.78. The van der Waals surface area contributed by atoms with Gasteiger partial charge in [0, 0.05) is 6.20 Å². The lowest BCUT2D eigenvalue weighted by atomic mass is 9.89. The molecule has 1 aromatic rings. The van der Waals surface area contributed by atoms with Crippen LogP contribution in [0.4, 0.5) is 0 Å².